The topological polar surface area (TPSA) is 52.0 Å². The van der Waals surface area contributed by atoms with Gasteiger partial charge in [-0.15, -0.1) is 5.10 Å². The molecule has 1 aromatic carbocycles. The Morgan fingerprint density at radius 3 is 3.11 bits per heavy atom. The summed E-state index contributed by atoms with van der Waals surface area (Å²) in [6.45, 7) is 1.44. The molecule has 0 aliphatic carbocycles. The molecule has 19 heavy (non-hydrogen) atoms. The van der Waals surface area contributed by atoms with Gasteiger partial charge >= 0.3 is 0 Å². The van der Waals surface area contributed by atoms with Gasteiger partial charge in [0.05, 0.1) is 17.3 Å². The predicted molar refractivity (Wildman–Crippen MR) is 69.7 cm³/mol. The lowest BCUT2D eigenvalue weighted by Gasteiger charge is -2.07. The summed E-state index contributed by atoms with van der Waals surface area (Å²) in [7, 11) is 1.84. The second-order valence-electron chi connectivity index (χ2n) is 3.90. The van der Waals surface area contributed by atoms with E-state index >= 15 is 0 Å². The third-order valence-electron chi connectivity index (χ3n) is 2.44. The zero-order chi connectivity index (χ0) is 13.7. The first-order valence-electron chi connectivity index (χ1n) is 5.81. The van der Waals surface area contributed by atoms with E-state index in [0.29, 0.717) is 19.7 Å². The Morgan fingerprint density at radius 2 is 2.32 bits per heavy atom. The van der Waals surface area contributed by atoms with E-state index < -0.39 is 5.82 Å². The monoisotopic (exact) mass is 284 g/mol. The molecule has 0 aliphatic heterocycles. The summed E-state index contributed by atoms with van der Waals surface area (Å²) < 4.78 is 20.5. The van der Waals surface area contributed by atoms with E-state index in [2.05, 4.69) is 15.6 Å². The molecule has 0 fully saturated rings. The lowest BCUT2D eigenvalue weighted by molar-refractivity contribution is 0.277. The van der Waals surface area contributed by atoms with Gasteiger partial charge < -0.3 is 10.1 Å². The summed E-state index contributed by atoms with van der Waals surface area (Å²) in [5.41, 5.74) is 0.844. The number of ether oxygens (including phenoxy) is 1. The van der Waals surface area contributed by atoms with Crippen molar-refractivity contribution < 1.29 is 9.13 Å². The minimum Gasteiger partial charge on any atom is -0.489 e. The number of benzene rings is 1. The number of aromatic nitrogens is 3. The zero-order valence-corrected chi connectivity index (χ0v) is 11.2. The van der Waals surface area contributed by atoms with Crippen molar-refractivity contribution in [2.75, 3.05) is 13.7 Å². The van der Waals surface area contributed by atoms with Gasteiger partial charge in [-0.1, -0.05) is 22.9 Å². The summed E-state index contributed by atoms with van der Waals surface area (Å²) in [4.78, 5) is 0. The summed E-state index contributed by atoms with van der Waals surface area (Å²) >= 11 is 5.66. The molecular formula is C12H14ClFN4O. The summed E-state index contributed by atoms with van der Waals surface area (Å²) in [6, 6.07) is 4.65. The molecule has 5 nitrogen and oxygen atoms in total. The molecule has 1 N–H and O–H groups in total. The third kappa shape index (κ3) is 3.65. The molecule has 0 aliphatic rings. The normalized spacial score (nSPS) is 10.7. The Morgan fingerprint density at radius 1 is 1.47 bits per heavy atom. The van der Waals surface area contributed by atoms with E-state index in [4.69, 9.17) is 16.3 Å². The maximum atomic E-state index is 13.5. The minimum atomic E-state index is -0.543. The van der Waals surface area contributed by atoms with Gasteiger partial charge in [0.25, 0.3) is 0 Å². The number of halogens is 2. The van der Waals surface area contributed by atoms with Crippen molar-refractivity contribution in [3.63, 3.8) is 0 Å². The number of hydrogen-bond donors (Lipinski definition) is 1. The van der Waals surface area contributed by atoms with Crippen LogP contribution in [0.1, 0.15) is 5.69 Å². The van der Waals surface area contributed by atoms with E-state index in [9.17, 15) is 4.39 Å². The third-order valence-corrected chi connectivity index (χ3v) is 2.73. The van der Waals surface area contributed by atoms with Crippen LogP contribution in [0.5, 0.6) is 5.75 Å². The van der Waals surface area contributed by atoms with Crippen molar-refractivity contribution in [2.24, 2.45) is 0 Å². The summed E-state index contributed by atoms with van der Waals surface area (Å²) in [5, 5.41) is 10.9. The van der Waals surface area contributed by atoms with E-state index in [0.717, 1.165) is 5.69 Å². The Balaban J connectivity index is 1.87. The van der Waals surface area contributed by atoms with Crippen molar-refractivity contribution >= 4 is 11.6 Å². The van der Waals surface area contributed by atoms with Gasteiger partial charge in [0, 0.05) is 12.7 Å². The largest absolute Gasteiger partial charge is 0.489 e. The lowest BCUT2D eigenvalue weighted by atomic mass is 10.3. The van der Waals surface area contributed by atoms with Gasteiger partial charge in [0.1, 0.15) is 6.61 Å². The Kier molecular flexibility index (Phi) is 4.70. The van der Waals surface area contributed by atoms with Crippen LogP contribution in [0, 0.1) is 5.82 Å². The minimum absolute atomic E-state index is 0.0505. The highest BCUT2D eigenvalue weighted by Gasteiger charge is 2.07. The molecule has 0 saturated heterocycles. The van der Waals surface area contributed by atoms with Gasteiger partial charge in [-0.3, -0.25) is 0 Å². The van der Waals surface area contributed by atoms with Crippen LogP contribution in [0.3, 0.4) is 0 Å². The van der Waals surface area contributed by atoms with Gasteiger partial charge in [0.15, 0.2) is 11.6 Å². The smallest absolute Gasteiger partial charge is 0.183 e. The highest BCUT2D eigenvalue weighted by atomic mass is 35.5. The molecule has 0 atom stereocenters. The van der Waals surface area contributed by atoms with Crippen LogP contribution in [0.4, 0.5) is 4.39 Å². The molecule has 1 aromatic heterocycles. The number of nitrogens with one attached hydrogen (secondary N) is 1. The molecule has 0 unspecified atom stereocenters. The molecule has 2 aromatic rings. The molecule has 102 valence electrons. The first-order valence-corrected chi connectivity index (χ1v) is 6.19. The molecule has 2 rings (SSSR count). The predicted octanol–water partition coefficient (Wildman–Crippen LogP) is 1.87. The second-order valence-corrected chi connectivity index (χ2v) is 4.31. The summed E-state index contributed by atoms with van der Waals surface area (Å²) in [6.07, 6.45) is 1.81. The molecule has 0 radical (unpaired) electrons. The molecule has 1 heterocycles. The van der Waals surface area contributed by atoms with Crippen LogP contribution in [-0.4, -0.2) is 28.6 Å². The van der Waals surface area contributed by atoms with Crippen molar-refractivity contribution in [3.8, 4) is 5.75 Å². The van der Waals surface area contributed by atoms with Crippen molar-refractivity contribution in [1.29, 1.82) is 0 Å². The van der Waals surface area contributed by atoms with Crippen LogP contribution in [0.25, 0.3) is 0 Å². The van der Waals surface area contributed by atoms with Crippen LogP contribution < -0.4 is 10.1 Å². The van der Waals surface area contributed by atoms with Gasteiger partial charge in [-0.2, -0.15) is 0 Å². The molecule has 0 saturated carbocycles. The maximum absolute atomic E-state index is 13.5. The van der Waals surface area contributed by atoms with E-state index in [-0.39, 0.29) is 10.8 Å². The molecule has 0 bridgehead atoms. The van der Waals surface area contributed by atoms with E-state index in [1.54, 1.807) is 10.7 Å². The average Bonchev–Trinajstić information content (AvgIpc) is 2.83. The van der Waals surface area contributed by atoms with Gasteiger partial charge in [-0.25, -0.2) is 9.07 Å². The van der Waals surface area contributed by atoms with Crippen LogP contribution in [-0.2, 0) is 13.1 Å². The zero-order valence-electron chi connectivity index (χ0n) is 10.4. The molecular weight excluding hydrogens is 271 g/mol. The molecule has 0 spiro atoms. The van der Waals surface area contributed by atoms with Crippen molar-refractivity contribution in [2.45, 2.75) is 13.1 Å². The van der Waals surface area contributed by atoms with Crippen LogP contribution in [0.2, 0.25) is 5.02 Å². The fourth-order valence-electron chi connectivity index (χ4n) is 1.55. The molecule has 7 heteroatoms. The molecule has 0 amide bonds. The van der Waals surface area contributed by atoms with E-state index in [1.807, 2.05) is 13.2 Å². The number of hydrogen-bond acceptors (Lipinski definition) is 4. The first kappa shape index (κ1) is 13.8. The second kappa shape index (κ2) is 6.49. The highest BCUT2D eigenvalue weighted by Crippen LogP contribution is 2.23. The number of nitrogens with zero attached hydrogens (tertiary/aromatic N) is 3. The first-order chi connectivity index (χ1) is 9.20. The Hall–Kier alpha value is -1.66. The van der Waals surface area contributed by atoms with Crippen molar-refractivity contribution in [1.82, 2.24) is 20.3 Å². The fourth-order valence-corrected chi connectivity index (χ4v) is 1.72. The Bertz CT molecular complexity index is 546. The quantitative estimate of drug-likeness (QED) is 0.880. The lowest BCUT2D eigenvalue weighted by Crippen LogP contribution is -2.09. The van der Waals surface area contributed by atoms with Gasteiger partial charge in [-0.05, 0) is 19.2 Å². The summed E-state index contributed by atoms with van der Waals surface area (Å²) in [5.74, 6) is -0.401. The van der Waals surface area contributed by atoms with Crippen LogP contribution in [0.15, 0.2) is 24.4 Å². The Labute approximate surface area is 115 Å². The van der Waals surface area contributed by atoms with Crippen LogP contribution >= 0.6 is 11.6 Å². The fraction of sp³-hybridized carbons (Fsp3) is 0.333. The average molecular weight is 285 g/mol. The maximum Gasteiger partial charge on any atom is 0.183 e. The standard InChI is InChI=1S/C12H14ClFN4O/c1-15-7-9-8-18(17-16-9)5-6-19-11-4-2-3-10(13)12(11)14/h2-4,8,15H,5-7H2,1H3. The SMILES string of the molecule is CNCc1cn(CCOc2cccc(Cl)c2F)nn1. The van der Waals surface area contributed by atoms with Gasteiger partial charge in [0.2, 0.25) is 0 Å². The van der Waals surface area contributed by atoms with E-state index in [1.165, 1.54) is 12.1 Å². The highest BCUT2D eigenvalue weighted by molar-refractivity contribution is 6.30. The van der Waals surface area contributed by atoms with Crippen molar-refractivity contribution in [3.05, 3.63) is 40.9 Å². The number of rotatable bonds is 6.